The van der Waals surface area contributed by atoms with Crippen LogP contribution in [0.5, 0.6) is 0 Å². The summed E-state index contributed by atoms with van der Waals surface area (Å²) in [7, 11) is 2.03. The maximum atomic E-state index is 13.5. The molecule has 0 spiro atoms. The van der Waals surface area contributed by atoms with Gasteiger partial charge in [-0.05, 0) is 88.8 Å². The SMILES string of the molecule is C[C@H](CN1CCc2cc3c(cc2C1=O)nc(-c1cc2ccc(Cl)nc2n1CC1CC1)n3C)NC(=O)OC(C)(C)C. The number of carbonyl (C=O) groups is 2. The average molecular weight is 563 g/mol. The zero-order valence-electron chi connectivity index (χ0n) is 23.6. The molecule has 2 amide bonds. The van der Waals surface area contributed by atoms with E-state index < -0.39 is 11.7 Å². The second-order valence-corrected chi connectivity index (χ2v) is 12.6. The molecule has 1 saturated carbocycles. The normalized spacial score (nSPS) is 16.4. The summed E-state index contributed by atoms with van der Waals surface area (Å²) in [6.45, 7) is 9.23. The van der Waals surface area contributed by atoms with E-state index in [0.29, 0.717) is 29.7 Å². The first kappa shape index (κ1) is 26.6. The Morgan fingerprint density at radius 1 is 1.20 bits per heavy atom. The molecule has 9 nitrogen and oxygen atoms in total. The molecule has 1 atom stereocenters. The van der Waals surface area contributed by atoms with E-state index in [2.05, 4.69) is 31.6 Å². The molecule has 0 unspecified atom stereocenters. The van der Waals surface area contributed by atoms with Crippen molar-refractivity contribution in [2.24, 2.45) is 13.0 Å². The highest BCUT2D eigenvalue weighted by molar-refractivity contribution is 6.29. The summed E-state index contributed by atoms with van der Waals surface area (Å²) in [4.78, 5) is 37.2. The Bertz CT molecular complexity index is 1640. The molecule has 6 rings (SSSR count). The minimum atomic E-state index is -0.577. The number of carbonyl (C=O) groups excluding carboxylic acids is 2. The van der Waals surface area contributed by atoms with Crippen molar-refractivity contribution in [3.63, 3.8) is 0 Å². The predicted molar refractivity (Wildman–Crippen MR) is 156 cm³/mol. The standard InChI is InChI=1S/C30H35ClN6O3/c1-17(32-29(39)40-30(2,3)4)15-36-11-10-19-12-23-22(14-21(19)28(36)38)33-27(35(23)5)24-13-20-8-9-25(31)34-26(20)37(24)16-18-6-7-18/h8-9,12-14,17-18H,6-7,10-11,15-16H2,1-5H3,(H,32,39)/t17-/m1/s1. The first-order chi connectivity index (χ1) is 19.0. The molecule has 1 aliphatic heterocycles. The minimum absolute atomic E-state index is 0.0464. The third kappa shape index (κ3) is 5.14. The number of halogens is 1. The Hall–Kier alpha value is -3.59. The van der Waals surface area contributed by atoms with Crippen LogP contribution in [0.2, 0.25) is 5.15 Å². The number of imidazole rings is 1. The molecule has 0 bridgehead atoms. The van der Waals surface area contributed by atoms with Gasteiger partial charge in [-0.3, -0.25) is 4.79 Å². The molecule has 3 aromatic heterocycles. The Labute approximate surface area is 238 Å². The Morgan fingerprint density at radius 3 is 2.70 bits per heavy atom. The van der Waals surface area contributed by atoms with Gasteiger partial charge in [-0.15, -0.1) is 0 Å². The monoisotopic (exact) mass is 562 g/mol. The van der Waals surface area contributed by atoms with Gasteiger partial charge in [-0.25, -0.2) is 14.8 Å². The number of benzene rings is 1. The Morgan fingerprint density at radius 2 is 1.98 bits per heavy atom. The molecule has 4 heterocycles. The van der Waals surface area contributed by atoms with E-state index in [1.165, 1.54) is 12.8 Å². The van der Waals surface area contributed by atoms with Gasteiger partial charge >= 0.3 is 6.09 Å². The largest absolute Gasteiger partial charge is 0.444 e. The lowest BCUT2D eigenvalue weighted by Crippen LogP contribution is -2.47. The zero-order chi connectivity index (χ0) is 28.3. The summed E-state index contributed by atoms with van der Waals surface area (Å²) in [6.07, 6.45) is 2.70. The number of amides is 2. The molecule has 10 heteroatoms. The van der Waals surface area contributed by atoms with Crippen LogP contribution >= 0.6 is 11.6 Å². The number of aryl methyl sites for hydroxylation is 1. The summed E-state index contributed by atoms with van der Waals surface area (Å²) in [5, 5.41) is 4.35. The third-order valence-corrected chi connectivity index (χ3v) is 7.82. The van der Waals surface area contributed by atoms with E-state index >= 15 is 0 Å². The van der Waals surface area contributed by atoms with Gasteiger partial charge in [0.2, 0.25) is 0 Å². The molecule has 40 heavy (non-hydrogen) atoms. The summed E-state index contributed by atoms with van der Waals surface area (Å²) >= 11 is 6.27. The fraction of sp³-hybridized carbons (Fsp3) is 0.467. The van der Waals surface area contributed by atoms with Crippen molar-refractivity contribution in [2.75, 3.05) is 13.1 Å². The molecule has 4 aromatic rings. The summed E-state index contributed by atoms with van der Waals surface area (Å²) in [5.74, 6) is 1.44. The Balaban J connectivity index is 1.30. The topological polar surface area (TPSA) is 94.3 Å². The summed E-state index contributed by atoms with van der Waals surface area (Å²) in [6, 6.07) is 9.72. The maximum Gasteiger partial charge on any atom is 0.407 e. The molecule has 0 saturated heterocycles. The second-order valence-electron chi connectivity index (χ2n) is 12.2. The highest BCUT2D eigenvalue weighted by Gasteiger charge is 2.29. The van der Waals surface area contributed by atoms with Crippen molar-refractivity contribution in [3.05, 3.63) is 46.6 Å². The summed E-state index contributed by atoms with van der Waals surface area (Å²) in [5.41, 5.74) is 4.75. The molecule has 1 aromatic carbocycles. The molecule has 210 valence electrons. The highest BCUT2D eigenvalue weighted by atomic mass is 35.5. The third-order valence-electron chi connectivity index (χ3n) is 7.61. The first-order valence-corrected chi connectivity index (χ1v) is 14.3. The van der Waals surface area contributed by atoms with Gasteiger partial charge in [-0.1, -0.05) is 11.6 Å². The molecule has 0 radical (unpaired) electrons. The molecular weight excluding hydrogens is 528 g/mol. The van der Waals surface area contributed by atoms with Crippen LogP contribution in [-0.2, 0) is 24.8 Å². The Kier molecular flexibility index (Phi) is 6.52. The fourth-order valence-electron chi connectivity index (χ4n) is 5.54. The molecule has 1 N–H and O–H groups in total. The van der Waals surface area contributed by atoms with Gasteiger partial charge in [0.15, 0.2) is 5.82 Å². The maximum absolute atomic E-state index is 13.5. The predicted octanol–water partition coefficient (Wildman–Crippen LogP) is 5.56. The van der Waals surface area contributed by atoms with Gasteiger partial charge < -0.3 is 24.1 Å². The van der Waals surface area contributed by atoms with Crippen LogP contribution in [0.1, 0.15) is 56.5 Å². The number of rotatable bonds is 6. The quantitative estimate of drug-likeness (QED) is 0.310. The number of pyridine rings is 1. The number of ether oxygens (including phenoxy) is 1. The smallest absolute Gasteiger partial charge is 0.407 e. The number of nitrogens with zero attached hydrogens (tertiary/aromatic N) is 5. The van der Waals surface area contributed by atoms with Crippen molar-refractivity contribution in [2.45, 2.75) is 65.1 Å². The van der Waals surface area contributed by atoms with Crippen LogP contribution in [0.4, 0.5) is 4.79 Å². The fourth-order valence-corrected chi connectivity index (χ4v) is 5.68. The minimum Gasteiger partial charge on any atom is -0.444 e. The van der Waals surface area contributed by atoms with Gasteiger partial charge in [0.05, 0.1) is 16.7 Å². The van der Waals surface area contributed by atoms with Gasteiger partial charge in [0.1, 0.15) is 16.4 Å². The first-order valence-electron chi connectivity index (χ1n) is 13.9. The van der Waals surface area contributed by atoms with Crippen molar-refractivity contribution in [3.8, 4) is 11.5 Å². The van der Waals surface area contributed by atoms with Crippen LogP contribution in [0, 0.1) is 5.92 Å². The van der Waals surface area contributed by atoms with Crippen LogP contribution in [-0.4, -0.2) is 60.7 Å². The van der Waals surface area contributed by atoms with E-state index in [1.54, 1.807) is 4.90 Å². The molecule has 1 aliphatic carbocycles. The second kappa shape index (κ2) is 9.80. The average Bonchev–Trinajstić information content (AvgIpc) is 3.55. The number of hydrogen-bond acceptors (Lipinski definition) is 5. The lowest BCUT2D eigenvalue weighted by molar-refractivity contribution is 0.0483. The zero-order valence-corrected chi connectivity index (χ0v) is 24.4. The lowest BCUT2D eigenvalue weighted by atomic mass is 9.97. The highest BCUT2D eigenvalue weighted by Crippen LogP contribution is 2.37. The van der Waals surface area contributed by atoms with Crippen molar-refractivity contribution in [1.82, 2.24) is 29.3 Å². The van der Waals surface area contributed by atoms with Crippen molar-refractivity contribution >= 4 is 45.7 Å². The van der Waals surface area contributed by atoms with Crippen LogP contribution in [0.3, 0.4) is 0 Å². The number of fused-ring (bicyclic) bond motifs is 3. The van der Waals surface area contributed by atoms with Crippen LogP contribution in [0.25, 0.3) is 33.6 Å². The van der Waals surface area contributed by atoms with Gasteiger partial charge in [0.25, 0.3) is 5.91 Å². The number of hydrogen-bond donors (Lipinski definition) is 1. The van der Waals surface area contributed by atoms with Crippen LogP contribution < -0.4 is 5.32 Å². The lowest BCUT2D eigenvalue weighted by Gasteiger charge is -2.31. The number of aromatic nitrogens is 4. The van der Waals surface area contributed by atoms with E-state index in [9.17, 15) is 9.59 Å². The van der Waals surface area contributed by atoms with Crippen molar-refractivity contribution < 1.29 is 14.3 Å². The number of nitrogens with one attached hydrogen (secondary N) is 1. The van der Waals surface area contributed by atoms with E-state index in [-0.39, 0.29) is 11.9 Å². The molecule has 2 aliphatic rings. The van der Waals surface area contributed by atoms with Crippen LogP contribution in [0.15, 0.2) is 30.3 Å². The van der Waals surface area contributed by atoms with E-state index in [1.807, 2.05) is 52.9 Å². The number of alkyl carbamates (subject to hydrolysis) is 1. The van der Waals surface area contributed by atoms with E-state index in [4.69, 9.17) is 21.3 Å². The molecule has 1 fully saturated rings. The van der Waals surface area contributed by atoms with Crippen molar-refractivity contribution in [1.29, 1.82) is 0 Å². The molecular formula is C30H35ClN6O3. The van der Waals surface area contributed by atoms with Gasteiger partial charge in [0, 0.05) is 43.7 Å². The van der Waals surface area contributed by atoms with E-state index in [0.717, 1.165) is 52.1 Å². The summed E-state index contributed by atoms with van der Waals surface area (Å²) < 4.78 is 9.71. The van der Waals surface area contributed by atoms with Gasteiger partial charge in [-0.2, -0.15) is 0 Å².